The van der Waals surface area contributed by atoms with Crippen LogP contribution in [-0.2, 0) is 0 Å². The van der Waals surface area contributed by atoms with Crippen LogP contribution in [0.15, 0.2) is 24.3 Å². The highest BCUT2D eigenvalue weighted by atomic mass is 35.5. The highest BCUT2D eigenvalue weighted by Crippen LogP contribution is 2.16. The van der Waals surface area contributed by atoms with Crippen molar-refractivity contribution in [3.05, 3.63) is 29.3 Å². The lowest BCUT2D eigenvalue weighted by Gasteiger charge is -2.03. The molecule has 0 saturated carbocycles. The number of nitrogens with one attached hydrogen (secondary N) is 1. The Kier molecular flexibility index (Phi) is 2.94. The largest absolute Gasteiger partial charge is 0.486 e. The van der Waals surface area contributed by atoms with Gasteiger partial charge in [-0.15, -0.1) is 0 Å². The number of hydrogen-bond donors (Lipinski definition) is 2. The Morgan fingerprint density at radius 2 is 2.33 bits per heavy atom. The van der Waals surface area contributed by atoms with Gasteiger partial charge < -0.3 is 10.5 Å². The van der Waals surface area contributed by atoms with E-state index in [0.29, 0.717) is 10.8 Å². The summed E-state index contributed by atoms with van der Waals surface area (Å²) >= 11 is 5.70. The van der Waals surface area contributed by atoms with Crippen molar-refractivity contribution in [2.75, 3.05) is 6.61 Å². The third-order valence-corrected chi connectivity index (χ3v) is 1.43. The molecule has 0 unspecified atom stereocenters. The maximum atomic E-state index is 6.92. The molecule has 3 N–H and O–H groups in total. The van der Waals surface area contributed by atoms with E-state index in [9.17, 15) is 0 Å². The van der Waals surface area contributed by atoms with Crippen molar-refractivity contribution in [3.8, 4) is 5.75 Å². The molecule has 1 rings (SSSR count). The van der Waals surface area contributed by atoms with Gasteiger partial charge in [-0.1, -0.05) is 17.7 Å². The number of halogens is 1. The van der Waals surface area contributed by atoms with Gasteiger partial charge in [-0.2, -0.15) is 0 Å². The first-order chi connectivity index (χ1) is 5.68. The van der Waals surface area contributed by atoms with E-state index in [1.54, 1.807) is 24.3 Å². The standard InChI is InChI=1S/C8H9ClN2O/c9-6-2-1-3-7(4-6)12-5-8(10)11/h1-4H,5H2,(H3,10,11). The van der Waals surface area contributed by atoms with E-state index in [-0.39, 0.29) is 12.4 Å². The number of rotatable bonds is 3. The molecule has 0 saturated heterocycles. The lowest BCUT2D eigenvalue weighted by Crippen LogP contribution is -2.19. The predicted octanol–water partition coefficient (Wildman–Crippen LogP) is 1.65. The zero-order valence-corrected chi connectivity index (χ0v) is 7.14. The lowest BCUT2D eigenvalue weighted by atomic mass is 10.3. The van der Waals surface area contributed by atoms with Gasteiger partial charge >= 0.3 is 0 Å². The Morgan fingerprint density at radius 1 is 1.58 bits per heavy atom. The van der Waals surface area contributed by atoms with Crippen LogP contribution >= 0.6 is 11.6 Å². The van der Waals surface area contributed by atoms with Crippen molar-refractivity contribution >= 4 is 17.4 Å². The molecule has 0 aliphatic rings. The number of ether oxygens (including phenoxy) is 1. The summed E-state index contributed by atoms with van der Waals surface area (Å²) in [5.41, 5.74) is 5.10. The summed E-state index contributed by atoms with van der Waals surface area (Å²) in [6.07, 6.45) is 0. The lowest BCUT2D eigenvalue weighted by molar-refractivity contribution is 0.374. The van der Waals surface area contributed by atoms with Gasteiger partial charge in [0.25, 0.3) is 0 Å². The Hall–Kier alpha value is -1.22. The van der Waals surface area contributed by atoms with Crippen LogP contribution in [0.2, 0.25) is 5.02 Å². The van der Waals surface area contributed by atoms with Crippen LogP contribution in [0.1, 0.15) is 0 Å². The maximum absolute atomic E-state index is 6.92. The van der Waals surface area contributed by atoms with Crippen LogP contribution in [0.4, 0.5) is 0 Å². The zero-order valence-electron chi connectivity index (χ0n) is 6.38. The normalized spacial score (nSPS) is 9.42. The van der Waals surface area contributed by atoms with Crippen molar-refractivity contribution in [1.82, 2.24) is 0 Å². The van der Waals surface area contributed by atoms with Gasteiger partial charge in [0.2, 0.25) is 0 Å². The number of amidine groups is 1. The van der Waals surface area contributed by atoms with E-state index in [1.165, 1.54) is 0 Å². The molecule has 1 aromatic carbocycles. The van der Waals surface area contributed by atoms with Gasteiger partial charge in [0, 0.05) is 5.02 Å². The fourth-order valence-electron chi connectivity index (χ4n) is 0.718. The third-order valence-electron chi connectivity index (χ3n) is 1.19. The van der Waals surface area contributed by atoms with Crippen molar-refractivity contribution in [3.63, 3.8) is 0 Å². The molecule has 3 nitrogen and oxygen atoms in total. The number of hydrogen-bond acceptors (Lipinski definition) is 2. The zero-order chi connectivity index (χ0) is 8.97. The maximum Gasteiger partial charge on any atom is 0.145 e. The minimum Gasteiger partial charge on any atom is -0.486 e. The Balaban J connectivity index is 2.57. The third kappa shape index (κ3) is 2.80. The van der Waals surface area contributed by atoms with Crippen LogP contribution in [0.3, 0.4) is 0 Å². The van der Waals surface area contributed by atoms with Gasteiger partial charge in [-0.25, -0.2) is 0 Å². The van der Waals surface area contributed by atoms with Crippen molar-refractivity contribution < 1.29 is 4.74 Å². The molecule has 0 spiro atoms. The number of nitrogens with two attached hydrogens (primary N) is 1. The first-order valence-electron chi connectivity index (χ1n) is 3.40. The van der Waals surface area contributed by atoms with Crippen LogP contribution < -0.4 is 10.5 Å². The van der Waals surface area contributed by atoms with Gasteiger partial charge in [-0.3, -0.25) is 5.41 Å². The van der Waals surface area contributed by atoms with Crippen molar-refractivity contribution in [2.45, 2.75) is 0 Å². The molecule has 0 aliphatic heterocycles. The average Bonchev–Trinajstić information content (AvgIpc) is 2.01. The van der Waals surface area contributed by atoms with Crippen LogP contribution in [0.25, 0.3) is 0 Å². The molecule has 0 fully saturated rings. The van der Waals surface area contributed by atoms with E-state index in [0.717, 1.165) is 0 Å². The molecule has 4 heteroatoms. The summed E-state index contributed by atoms with van der Waals surface area (Å²) in [7, 11) is 0. The van der Waals surface area contributed by atoms with E-state index in [1.807, 2.05) is 0 Å². The first-order valence-corrected chi connectivity index (χ1v) is 3.77. The quantitative estimate of drug-likeness (QED) is 0.555. The second kappa shape index (κ2) is 3.97. The summed E-state index contributed by atoms with van der Waals surface area (Å²) in [5, 5.41) is 7.52. The summed E-state index contributed by atoms with van der Waals surface area (Å²) in [5.74, 6) is 0.618. The predicted molar refractivity (Wildman–Crippen MR) is 48.9 cm³/mol. The topological polar surface area (TPSA) is 59.1 Å². The molecule has 1 aromatic rings. The van der Waals surface area contributed by atoms with Crippen molar-refractivity contribution in [2.24, 2.45) is 5.73 Å². The Bertz CT molecular complexity index is 288. The molecule has 0 heterocycles. The van der Waals surface area contributed by atoms with Crippen LogP contribution in [-0.4, -0.2) is 12.4 Å². The fourth-order valence-corrected chi connectivity index (χ4v) is 0.898. The monoisotopic (exact) mass is 184 g/mol. The van der Waals surface area contributed by atoms with Gasteiger partial charge in [0.15, 0.2) is 0 Å². The minimum atomic E-state index is -0.00465. The summed E-state index contributed by atoms with van der Waals surface area (Å²) in [4.78, 5) is 0. The fraction of sp³-hybridized carbons (Fsp3) is 0.125. The smallest absolute Gasteiger partial charge is 0.145 e. The van der Waals surface area contributed by atoms with Crippen molar-refractivity contribution in [1.29, 1.82) is 5.41 Å². The molecule has 12 heavy (non-hydrogen) atoms. The van der Waals surface area contributed by atoms with Gasteiger partial charge in [-0.05, 0) is 18.2 Å². The van der Waals surface area contributed by atoms with E-state index in [2.05, 4.69) is 0 Å². The molecule has 0 amide bonds. The van der Waals surface area contributed by atoms with Gasteiger partial charge in [0.05, 0.1) is 0 Å². The SMILES string of the molecule is N=C(N)COc1cccc(Cl)c1. The molecule has 0 aromatic heterocycles. The first kappa shape index (κ1) is 8.87. The summed E-state index contributed by atoms with van der Waals surface area (Å²) < 4.78 is 5.11. The summed E-state index contributed by atoms with van der Waals surface area (Å²) in [6.45, 7) is 0.0976. The second-order valence-corrected chi connectivity index (χ2v) is 2.71. The molecular weight excluding hydrogens is 176 g/mol. The molecule has 0 atom stereocenters. The van der Waals surface area contributed by atoms with Crippen LogP contribution in [0, 0.1) is 5.41 Å². The average molecular weight is 185 g/mol. The van der Waals surface area contributed by atoms with Gasteiger partial charge in [0.1, 0.15) is 18.2 Å². The molecule has 0 radical (unpaired) electrons. The van der Waals surface area contributed by atoms with Crippen LogP contribution in [0.5, 0.6) is 5.75 Å². The molecule has 0 bridgehead atoms. The summed E-state index contributed by atoms with van der Waals surface area (Å²) in [6, 6.07) is 6.96. The molecule has 64 valence electrons. The Morgan fingerprint density at radius 3 is 2.92 bits per heavy atom. The molecule has 0 aliphatic carbocycles. The van der Waals surface area contributed by atoms with E-state index in [4.69, 9.17) is 27.5 Å². The second-order valence-electron chi connectivity index (χ2n) is 2.27. The highest BCUT2D eigenvalue weighted by molar-refractivity contribution is 6.30. The molecular formula is C8H9ClN2O. The highest BCUT2D eigenvalue weighted by Gasteiger charge is 1.94. The van der Waals surface area contributed by atoms with E-state index >= 15 is 0 Å². The number of benzene rings is 1. The Labute approximate surface area is 75.6 Å². The minimum absolute atomic E-state index is 0.00465. The van der Waals surface area contributed by atoms with E-state index < -0.39 is 0 Å².